The van der Waals surface area contributed by atoms with E-state index in [4.69, 9.17) is 5.73 Å². The minimum Gasteiger partial charge on any atom is -0.330 e. The number of hydrogen-bond acceptors (Lipinski definition) is 2. The lowest BCUT2D eigenvalue weighted by Crippen LogP contribution is -2.16. The monoisotopic (exact) mass is 147 g/mol. The third-order valence-corrected chi connectivity index (χ3v) is 2.24. The van der Waals surface area contributed by atoms with Gasteiger partial charge in [0.25, 0.3) is 0 Å². The second-order valence-corrected chi connectivity index (χ2v) is 3.26. The molecule has 0 amide bonds. The molecule has 1 unspecified atom stereocenters. The molecule has 9 heavy (non-hydrogen) atoms. The molecule has 56 valence electrons. The van der Waals surface area contributed by atoms with E-state index >= 15 is 0 Å². The topological polar surface area (TPSA) is 26.0 Å². The van der Waals surface area contributed by atoms with Gasteiger partial charge in [-0.3, -0.25) is 0 Å². The summed E-state index contributed by atoms with van der Waals surface area (Å²) >= 11 is 1.89. The van der Waals surface area contributed by atoms with E-state index in [1.54, 1.807) is 0 Å². The largest absolute Gasteiger partial charge is 0.330 e. The highest BCUT2D eigenvalue weighted by atomic mass is 32.2. The van der Waals surface area contributed by atoms with Crippen molar-refractivity contribution < 1.29 is 0 Å². The van der Waals surface area contributed by atoms with Crippen molar-refractivity contribution in [2.75, 3.05) is 18.6 Å². The van der Waals surface area contributed by atoms with Gasteiger partial charge in [-0.15, -0.1) is 0 Å². The zero-order valence-corrected chi connectivity index (χ0v) is 7.21. The van der Waals surface area contributed by atoms with Crippen molar-refractivity contribution in [2.24, 2.45) is 11.7 Å². The molecule has 1 nitrogen and oxygen atoms in total. The van der Waals surface area contributed by atoms with Crippen molar-refractivity contribution >= 4 is 11.8 Å². The summed E-state index contributed by atoms with van der Waals surface area (Å²) in [7, 11) is 0. The summed E-state index contributed by atoms with van der Waals surface area (Å²) in [6, 6.07) is 0. The van der Waals surface area contributed by atoms with E-state index in [0.717, 1.165) is 12.5 Å². The van der Waals surface area contributed by atoms with Gasteiger partial charge in [0.15, 0.2) is 0 Å². The summed E-state index contributed by atoms with van der Waals surface area (Å²) in [5.41, 5.74) is 5.53. The lowest BCUT2D eigenvalue weighted by Gasteiger charge is -2.10. The fourth-order valence-corrected chi connectivity index (χ4v) is 1.69. The average Bonchev–Trinajstić information content (AvgIpc) is 1.88. The van der Waals surface area contributed by atoms with Crippen molar-refractivity contribution in [1.82, 2.24) is 0 Å². The van der Waals surface area contributed by atoms with Crippen LogP contribution >= 0.6 is 11.8 Å². The van der Waals surface area contributed by atoms with Gasteiger partial charge in [0.1, 0.15) is 0 Å². The normalized spacial score (nSPS) is 13.7. The van der Waals surface area contributed by atoms with Crippen LogP contribution < -0.4 is 5.73 Å². The first-order valence-electron chi connectivity index (χ1n) is 3.54. The SMILES string of the molecule is CCCC(CN)CSC. The highest BCUT2D eigenvalue weighted by Crippen LogP contribution is 2.09. The van der Waals surface area contributed by atoms with Crippen LogP contribution in [0.4, 0.5) is 0 Å². The van der Waals surface area contributed by atoms with E-state index in [2.05, 4.69) is 13.2 Å². The molecule has 0 saturated carbocycles. The van der Waals surface area contributed by atoms with E-state index in [-0.39, 0.29) is 0 Å². The van der Waals surface area contributed by atoms with Crippen molar-refractivity contribution in [3.63, 3.8) is 0 Å². The maximum absolute atomic E-state index is 5.53. The van der Waals surface area contributed by atoms with Crippen molar-refractivity contribution in [2.45, 2.75) is 19.8 Å². The van der Waals surface area contributed by atoms with Crippen molar-refractivity contribution in [3.05, 3.63) is 0 Å². The summed E-state index contributed by atoms with van der Waals surface area (Å²) in [4.78, 5) is 0. The Balaban J connectivity index is 3.18. The lowest BCUT2D eigenvalue weighted by atomic mass is 10.1. The molecule has 0 aliphatic heterocycles. The number of hydrogen-bond donors (Lipinski definition) is 1. The highest BCUT2D eigenvalue weighted by Gasteiger charge is 2.02. The Labute approximate surface area is 62.4 Å². The summed E-state index contributed by atoms with van der Waals surface area (Å²) in [5, 5.41) is 0. The molecular weight excluding hydrogens is 130 g/mol. The molecule has 1 atom stereocenters. The van der Waals surface area contributed by atoms with Crippen LogP contribution in [-0.4, -0.2) is 18.6 Å². The Hall–Kier alpha value is 0.310. The van der Waals surface area contributed by atoms with Crippen LogP contribution in [-0.2, 0) is 0 Å². The maximum Gasteiger partial charge on any atom is -0.00299 e. The zero-order valence-electron chi connectivity index (χ0n) is 6.39. The molecule has 0 spiro atoms. The Morgan fingerprint density at radius 2 is 2.22 bits per heavy atom. The van der Waals surface area contributed by atoms with Gasteiger partial charge in [-0.2, -0.15) is 11.8 Å². The van der Waals surface area contributed by atoms with Crippen LogP contribution in [0.1, 0.15) is 19.8 Å². The number of rotatable bonds is 5. The van der Waals surface area contributed by atoms with Crippen LogP contribution in [0.2, 0.25) is 0 Å². The molecule has 0 bridgehead atoms. The molecule has 0 aliphatic rings. The van der Waals surface area contributed by atoms with E-state index in [1.807, 2.05) is 11.8 Å². The van der Waals surface area contributed by atoms with Crippen LogP contribution in [0, 0.1) is 5.92 Å². The Kier molecular flexibility index (Phi) is 6.65. The summed E-state index contributed by atoms with van der Waals surface area (Å²) in [5.74, 6) is 1.98. The van der Waals surface area contributed by atoms with Crippen molar-refractivity contribution in [3.8, 4) is 0 Å². The minimum absolute atomic E-state index is 0.755. The molecule has 0 rings (SSSR count). The van der Waals surface area contributed by atoms with E-state index in [1.165, 1.54) is 18.6 Å². The van der Waals surface area contributed by atoms with E-state index in [0.29, 0.717) is 0 Å². The maximum atomic E-state index is 5.53. The van der Waals surface area contributed by atoms with E-state index < -0.39 is 0 Å². The van der Waals surface area contributed by atoms with Crippen LogP contribution in [0.3, 0.4) is 0 Å². The fourth-order valence-electron chi connectivity index (χ4n) is 0.913. The lowest BCUT2D eigenvalue weighted by molar-refractivity contribution is 0.545. The van der Waals surface area contributed by atoms with Gasteiger partial charge >= 0.3 is 0 Å². The van der Waals surface area contributed by atoms with Crippen LogP contribution in [0.15, 0.2) is 0 Å². The van der Waals surface area contributed by atoms with Gasteiger partial charge in [0, 0.05) is 0 Å². The first kappa shape index (κ1) is 9.31. The molecule has 0 fully saturated rings. The summed E-state index contributed by atoms with van der Waals surface area (Å²) in [6.45, 7) is 3.07. The van der Waals surface area contributed by atoms with Crippen molar-refractivity contribution in [1.29, 1.82) is 0 Å². The summed E-state index contributed by atoms with van der Waals surface area (Å²) < 4.78 is 0. The standard InChI is InChI=1S/C7H17NS/c1-3-4-7(5-8)6-9-2/h7H,3-6,8H2,1-2H3. The molecule has 0 heterocycles. The predicted molar refractivity (Wildman–Crippen MR) is 45.8 cm³/mol. The molecule has 2 N–H and O–H groups in total. The molecule has 0 aromatic heterocycles. The third-order valence-electron chi connectivity index (χ3n) is 1.43. The smallest absolute Gasteiger partial charge is 0.00299 e. The summed E-state index contributed by atoms with van der Waals surface area (Å²) in [6.07, 6.45) is 4.69. The molecular formula is C7H17NS. The van der Waals surface area contributed by atoms with Gasteiger partial charge in [0.05, 0.1) is 0 Å². The number of nitrogens with two attached hydrogens (primary N) is 1. The quantitative estimate of drug-likeness (QED) is 0.641. The van der Waals surface area contributed by atoms with E-state index in [9.17, 15) is 0 Å². The minimum atomic E-state index is 0.755. The molecule has 0 saturated heterocycles. The average molecular weight is 147 g/mol. The van der Waals surface area contributed by atoms with Gasteiger partial charge in [-0.05, 0) is 30.9 Å². The third kappa shape index (κ3) is 4.79. The Morgan fingerprint density at radius 3 is 2.56 bits per heavy atom. The zero-order chi connectivity index (χ0) is 7.11. The fraction of sp³-hybridized carbons (Fsp3) is 1.00. The molecule has 2 heteroatoms. The van der Waals surface area contributed by atoms with Gasteiger partial charge in [-0.25, -0.2) is 0 Å². The van der Waals surface area contributed by atoms with Gasteiger partial charge in [0.2, 0.25) is 0 Å². The number of thioether (sulfide) groups is 1. The predicted octanol–water partition coefficient (Wildman–Crippen LogP) is 1.72. The molecule has 0 aliphatic carbocycles. The molecule has 0 aromatic rings. The first-order valence-corrected chi connectivity index (χ1v) is 4.93. The second-order valence-electron chi connectivity index (χ2n) is 2.35. The second kappa shape index (κ2) is 6.43. The van der Waals surface area contributed by atoms with Crippen LogP contribution in [0.5, 0.6) is 0 Å². The van der Waals surface area contributed by atoms with Crippen LogP contribution in [0.25, 0.3) is 0 Å². The highest BCUT2D eigenvalue weighted by molar-refractivity contribution is 7.98. The molecule has 0 radical (unpaired) electrons. The Bertz CT molecular complexity index is 50.9. The van der Waals surface area contributed by atoms with Gasteiger partial charge < -0.3 is 5.73 Å². The Morgan fingerprint density at radius 1 is 1.56 bits per heavy atom. The first-order chi connectivity index (χ1) is 4.35. The van der Waals surface area contributed by atoms with Gasteiger partial charge in [-0.1, -0.05) is 13.3 Å². The molecule has 0 aromatic carbocycles.